The lowest BCUT2D eigenvalue weighted by Crippen LogP contribution is -2.55. The zero-order valence-corrected chi connectivity index (χ0v) is 17.1. The monoisotopic (exact) mass is 434 g/mol. The van der Waals surface area contributed by atoms with Gasteiger partial charge in [-0.3, -0.25) is 4.79 Å². The van der Waals surface area contributed by atoms with Gasteiger partial charge in [0.15, 0.2) is 6.10 Å². The van der Waals surface area contributed by atoms with Gasteiger partial charge in [-0.1, -0.05) is 30.3 Å². The van der Waals surface area contributed by atoms with Gasteiger partial charge < -0.3 is 14.1 Å². The van der Waals surface area contributed by atoms with Crippen LogP contribution in [0.5, 0.6) is 5.88 Å². The molecule has 2 aromatic carbocycles. The van der Waals surface area contributed by atoms with Gasteiger partial charge in [-0.05, 0) is 36.4 Å². The normalized spacial score (nSPS) is 17.9. The van der Waals surface area contributed by atoms with Gasteiger partial charge in [-0.2, -0.15) is 0 Å². The van der Waals surface area contributed by atoms with Crippen LogP contribution in [0.4, 0.5) is 8.78 Å². The van der Waals surface area contributed by atoms with Crippen molar-refractivity contribution in [1.82, 2.24) is 9.88 Å². The maximum Gasteiger partial charge on any atom is 0.287 e. The third-order valence-corrected chi connectivity index (χ3v) is 5.61. The highest BCUT2D eigenvalue weighted by molar-refractivity contribution is 5.95. The fourth-order valence-corrected chi connectivity index (χ4v) is 3.87. The van der Waals surface area contributed by atoms with E-state index < -0.39 is 18.4 Å². The van der Waals surface area contributed by atoms with Gasteiger partial charge >= 0.3 is 0 Å². The number of pyridine rings is 1. The number of rotatable bonds is 4. The molecule has 0 aliphatic carbocycles. The summed E-state index contributed by atoms with van der Waals surface area (Å²) in [5.74, 6) is -2.65. The lowest BCUT2D eigenvalue weighted by Gasteiger charge is -2.38. The lowest BCUT2D eigenvalue weighted by molar-refractivity contribution is -0.131. The van der Waals surface area contributed by atoms with Crippen molar-refractivity contribution in [3.05, 3.63) is 84.6 Å². The number of carbonyl (C=O) groups is 1. The molecule has 5 nitrogen and oxygen atoms in total. The lowest BCUT2D eigenvalue weighted by atomic mass is 10.0. The van der Waals surface area contributed by atoms with Crippen molar-refractivity contribution in [3.63, 3.8) is 0 Å². The van der Waals surface area contributed by atoms with Gasteiger partial charge in [-0.25, -0.2) is 13.8 Å². The van der Waals surface area contributed by atoms with Crippen molar-refractivity contribution < 1.29 is 22.7 Å². The summed E-state index contributed by atoms with van der Waals surface area (Å²) in [5.41, 5.74) is 1.81. The molecule has 0 saturated carbocycles. The number of amides is 1. The van der Waals surface area contributed by atoms with E-state index >= 15 is 0 Å². The minimum absolute atomic E-state index is 0.0537. The first kappa shape index (κ1) is 20.2. The quantitative estimate of drug-likeness (QED) is 0.430. The first-order valence-corrected chi connectivity index (χ1v) is 10.3. The van der Waals surface area contributed by atoms with E-state index in [0.717, 1.165) is 10.9 Å². The van der Waals surface area contributed by atoms with E-state index in [0.29, 0.717) is 16.8 Å². The molecule has 0 spiro atoms. The number of fused-ring (bicyclic) bond motifs is 1. The van der Waals surface area contributed by atoms with Crippen molar-refractivity contribution in [1.29, 1.82) is 0 Å². The second kappa shape index (κ2) is 8.07. The summed E-state index contributed by atoms with van der Waals surface area (Å²) in [7, 11) is 0. The molecule has 1 aliphatic heterocycles. The van der Waals surface area contributed by atoms with Gasteiger partial charge in [0.2, 0.25) is 5.88 Å². The Balaban J connectivity index is 1.36. The number of piperidine rings is 1. The van der Waals surface area contributed by atoms with Crippen LogP contribution in [0.1, 0.15) is 16.8 Å². The largest absolute Gasteiger partial charge is 0.466 e. The minimum Gasteiger partial charge on any atom is -0.466 e. The summed E-state index contributed by atoms with van der Waals surface area (Å²) in [6.45, 7) is -0.285. The van der Waals surface area contributed by atoms with Crippen molar-refractivity contribution in [2.45, 2.75) is 18.4 Å². The Morgan fingerprint density at radius 1 is 1.06 bits per heavy atom. The molecule has 1 aliphatic rings. The van der Waals surface area contributed by atoms with Crippen LogP contribution in [0.2, 0.25) is 0 Å². The second-order valence-corrected chi connectivity index (χ2v) is 7.77. The zero-order valence-electron chi connectivity index (χ0n) is 17.1. The van der Waals surface area contributed by atoms with Crippen LogP contribution in [0, 0.1) is 0 Å². The van der Waals surface area contributed by atoms with Crippen LogP contribution in [-0.2, 0) is 0 Å². The fraction of sp³-hybridized carbons (Fsp3) is 0.200. The van der Waals surface area contributed by atoms with E-state index in [9.17, 15) is 13.6 Å². The van der Waals surface area contributed by atoms with Crippen LogP contribution < -0.4 is 4.74 Å². The number of hydrogen-bond donors (Lipinski definition) is 0. The summed E-state index contributed by atoms with van der Waals surface area (Å²) >= 11 is 0. The molecular formula is C25H20F2N2O3. The smallest absolute Gasteiger partial charge is 0.287 e. The molecule has 0 radical (unpaired) electrons. The van der Waals surface area contributed by atoms with Gasteiger partial charge in [0.25, 0.3) is 11.8 Å². The summed E-state index contributed by atoms with van der Waals surface area (Å²) < 4.78 is 40.3. The number of alkyl halides is 2. The van der Waals surface area contributed by atoms with Crippen molar-refractivity contribution in [3.8, 4) is 17.2 Å². The number of halogens is 2. The van der Waals surface area contributed by atoms with Gasteiger partial charge in [0, 0.05) is 35.5 Å². The SMILES string of the molecule is O=C(c1cccc(-c2ccco2)c1)N1CCC(F)(F)C(Oc2ccc3ccccc3n2)C1. The highest BCUT2D eigenvalue weighted by atomic mass is 19.3. The van der Waals surface area contributed by atoms with E-state index in [1.165, 1.54) is 4.90 Å². The molecular weight excluding hydrogens is 414 g/mol. The van der Waals surface area contributed by atoms with Crippen LogP contribution in [0.15, 0.2) is 83.5 Å². The standard InChI is InChI=1S/C25H20F2N2O3/c26-25(27)12-13-29(24(30)19-7-3-6-18(15-19)21-9-4-14-31-21)16-22(25)32-23-11-10-17-5-1-2-8-20(17)28-23/h1-11,14-15,22H,12-13,16H2. The first-order chi connectivity index (χ1) is 15.5. The average Bonchev–Trinajstić information content (AvgIpc) is 3.35. The Hall–Kier alpha value is -3.74. The number of benzene rings is 2. The zero-order chi connectivity index (χ0) is 22.1. The second-order valence-electron chi connectivity index (χ2n) is 7.77. The Morgan fingerprint density at radius 3 is 2.78 bits per heavy atom. The van der Waals surface area contributed by atoms with Gasteiger partial charge in [0.05, 0.1) is 18.3 Å². The maximum absolute atomic E-state index is 14.7. The van der Waals surface area contributed by atoms with E-state index in [4.69, 9.17) is 9.15 Å². The number of furan rings is 1. The molecule has 1 atom stereocenters. The third kappa shape index (κ3) is 3.93. The van der Waals surface area contributed by atoms with Crippen molar-refractivity contribution in [2.24, 2.45) is 0 Å². The average molecular weight is 434 g/mol. The summed E-state index contributed by atoms with van der Waals surface area (Å²) in [4.78, 5) is 18.8. The Labute approximate surface area is 183 Å². The number of carbonyl (C=O) groups excluding carboxylic acids is 1. The number of likely N-dealkylation sites (tertiary alicyclic amines) is 1. The summed E-state index contributed by atoms with van der Waals surface area (Å²) in [5, 5.41) is 0.892. The van der Waals surface area contributed by atoms with E-state index in [-0.39, 0.29) is 24.9 Å². The highest BCUT2D eigenvalue weighted by Gasteiger charge is 2.47. The predicted octanol–water partition coefficient (Wildman–Crippen LogP) is 5.42. The van der Waals surface area contributed by atoms with Crippen LogP contribution >= 0.6 is 0 Å². The molecule has 0 N–H and O–H groups in total. The first-order valence-electron chi connectivity index (χ1n) is 10.3. The molecule has 162 valence electrons. The molecule has 3 heterocycles. The van der Waals surface area contributed by atoms with Gasteiger partial charge in [-0.15, -0.1) is 0 Å². The third-order valence-electron chi connectivity index (χ3n) is 5.61. The minimum atomic E-state index is -3.07. The van der Waals surface area contributed by atoms with Crippen LogP contribution in [0.25, 0.3) is 22.2 Å². The molecule has 0 bridgehead atoms. The van der Waals surface area contributed by atoms with Gasteiger partial charge in [0.1, 0.15) is 5.76 Å². The van der Waals surface area contributed by atoms with E-state index in [2.05, 4.69) is 4.98 Å². The topological polar surface area (TPSA) is 55.6 Å². The fourth-order valence-electron chi connectivity index (χ4n) is 3.87. The van der Waals surface area contributed by atoms with Crippen LogP contribution in [-0.4, -0.2) is 40.9 Å². The number of para-hydroxylation sites is 1. The molecule has 2 aromatic heterocycles. The number of hydrogen-bond acceptors (Lipinski definition) is 4. The molecule has 5 rings (SSSR count). The summed E-state index contributed by atoms with van der Waals surface area (Å²) in [6.07, 6.45) is -0.407. The molecule has 32 heavy (non-hydrogen) atoms. The summed E-state index contributed by atoms with van der Waals surface area (Å²) in [6, 6.07) is 21.3. The molecule has 1 amide bonds. The molecule has 7 heteroatoms. The molecule has 4 aromatic rings. The number of nitrogens with zero attached hydrogens (tertiary/aromatic N) is 2. The predicted molar refractivity (Wildman–Crippen MR) is 116 cm³/mol. The van der Waals surface area contributed by atoms with E-state index in [1.807, 2.05) is 24.3 Å². The molecule has 1 saturated heterocycles. The van der Waals surface area contributed by atoms with Crippen LogP contribution in [0.3, 0.4) is 0 Å². The Kier molecular flexibility index (Phi) is 5.09. The Morgan fingerprint density at radius 2 is 1.94 bits per heavy atom. The molecule has 1 unspecified atom stereocenters. The number of ether oxygens (including phenoxy) is 1. The maximum atomic E-state index is 14.7. The van der Waals surface area contributed by atoms with Crippen molar-refractivity contribution in [2.75, 3.05) is 13.1 Å². The molecule has 1 fully saturated rings. The highest BCUT2D eigenvalue weighted by Crippen LogP contribution is 2.32. The van der Waals surface area contributed by atoms with E-state index in [1.54, 1.807) is 54.8 Å². The Bertz CT molecular complexity index is 1260. The van der Waals surface area contributed by atoms with Crippen molar-refractivity contribution >= 4 is 16.8 Å². The number of aromatic nitrogens is 1.